The van der Waals surface area contributed by atoms with Gasteiger partial charge in [0, 0.05) is 39.8 Å². The van der Waals surface area contributed by atoms with Crippen LogP contribution in [0.15, 0.2) is 70.8 Å². The molecule has 6 heteroatoms. The van der Waals surface area contributed by atoms with Gasteiger partial charge in [-0.15, -0.1) is 18.4 Å². The maximum atomic E-state index is 14.6. The smallest absolute Gasteiger partial charge is 0.254 e. The summed E-state index contributed by atoms with van der Waals surface area (Å²) in [6.07, 6.45) is 9.91. The van der Waals surface area contributed by atoms with Crippen LogP contribution in [0.3, 0.4) is 0 Å². The average Bonchev–Trinajstić information content (AvgIpc) is 3.48. The molecule has 1 spiro atoms. The number of nitrogens with zero attached hydrogens (tertiary/aromatic N) is 3. The molecule has 1 amide bonds. The van der Waals surface area contributed by atoms with Gasteiger partial charge in [-0.2, -0.15) is 5.10 Å². The van der Waals surface area contributed by atoms with Crippen LogP contribution in [0.4, 0.5) is 4.39 Å². The standard InChI is InChI=1S/C27H24FN3OS/c1-2-19-13-18(14-20-15-25(29-31(19)20)22-8-7-21(33)16-24(22)28)26(32)30-12-9-17-5-3-4-6-23(17)27(30)10-11-27/h3-5,7-8,13-17,33H,2,9-12H2,1H3. The Morgan fingerprint density at radius 2 is 2.12 bits per heavy atom. The molecule has 4 nitrogen and oxygen atoms in total. The number of amides is 1. The van der Waals surface area contributed by atoms with Crippen LogP contribution in [0.25, 0.3) is 16.8 Å². The summed E-state index contributed by atoms with van der Waals surface area (Å²) in [6.45, 7) is 2.79. The molecule has 0 N–H and O–H groups in total. The van der Waals surface area contributed by atoms with Gasteiger partial charge in [0.1, 0.15) is 5.82 Å². The fourth-order valence-electron chi connectivity index (χ4n) is 5.38. The second-order valence-electron chi connectivity index (χ2n) is 9.11. The maximum Gasteiger partial charge on any atom is 0.254 e. The van der Waals surface area contributed by atoms with Crippen LogP contribution in [0.1, 0.15) is 42.2 Å². The molecule has 2 aliphatic carbocycles. The molecule has 0 radical (unpaired) electrons. The Hall–Kier alpha value is -3.08. The lowest BCUT2D eigenvalue weighted by molar-refractivity contribution is 0.0628. The Kier molecular flexibility index (Phi) is 4.65. The predicted octanol–water partition coefficient (Wildman–Crippen LogP) is 5.64. The Morgan fingerprint density at radius 3 is 2.88 bits per heavy atom. The van der Waals surface area contributed by atoms with E-state index in [1.54, 1.807) is 12.1 Å². The molecule has 1 unspecified atom stereocenters. The minimum Gasteiger partial charge on any atom is -0.329 e. The number of fused-ring (bicyclic) bond motifs is 3. The Labute approximate surface area is 197 Å². The number of pyridine rings is 1. The number of thiol groups is 1. The zero-order chi connectivity index (χ0) is 22.7. The van der Waals surface area contributed by atoms with Crippen molar-refractivity contribution in [1.82, 2.24) is 14.5 Å². The van der Waals surface area contributed by atoms with Crippen molar-refractivity contribution in [2.45, 2.75) is 43.0 Å². The van der Waals surface area contributed by atoms with Gasteiger partial charge < -0.3 is 4.90 Å². The highest BCUT2D eigenvalue weighted by molar-refractivity contribution is 7.80. The van der Waals surface area contributed by atoms with Crippen molar-refractivity contribution in [3.8, 4) is 11.3 Å². The lowest BCUT2D eigenvalue weighted by Gasteiger charge is -2.41. The van der Waals surface area contributed by atoms with Gasteiger partial charge in [0.25, 0.3) is 5.91 Å². The zero-order valence-electron chi connectivity index (χ0n) is 18.4. The van der Waals surface area contributed by atoms with Crippen molar-refractivity contribution >= 4 is 24.1 Å². The molecule has 2 fully saturated rings. The van der Waals surface area contributed by atoms with E-state index < -0.39 is 0 Å². The van der Waals surface area contributed by atoms with E-state index in [9.17, 15) is 9.18 Å². The highest BCUT2D eigenvalue weighted by Gasteiger charge is 2.56. The van der Waals surface area contributed by atoms with Crippen molar-refractivity contribution in [1.29, 1.82) is 0 Å². The van der Waals surface area contributed by atoms with Crippen molar-refractivity contribution in [3.05, 3.63) is 83.0 Å². The van der Waals surface area contributed by atoms with Crippen molar-refractivity contribution in [2.75, 3.05) is 6.54 Å². The monoisotopic (exact) mass is 457 g/mol. The van der Waals surface area contributed by atoms with E-state index in [-0.39, 0.29) is 17.3 Å². The number of rotatable bonds is 3. The summed E-state index contributed by atoms with van der Waals surface area (Å²) in [5.41, 5.74) is 7.88. The summed E-state index contributed by atoms with van der Waals surface area (Å²) in [4.78, 5) is 16.4. The van der Waals surface area contributed by atoms with Gasteiger partial charge in [-0.25, -0.2) is 8.91 Å². The van der Waals surface area contributed by atoms with Crippen LogP contribution >= 0.6 is 12.6 Å². The van der Waals surface area contributed by atoms with Gasteiger partial charge in [-0.1, -0.05) is 19.1 Å². The molecule has 1 atom stereocenters. The number of hydrogen-bond acceptors (Lipinski definition) is 3. The minimum absolute atomic E-state index is 0.0559. The van der Waals surface area contributed by atoms with Gasteiger partial charge in [-0.05, 0) is 68.2 Å². The Morgan fingerprint density at radius 1 is 1.27 bits per heavy atom. The first-order valence-corrected chi connectivity index (χ1v) is 11.9. The van der Waals surface area contributed by atoms with Crippen LogP contribution in [-0.4, -0.2) is 32.5 Å². The molecule has 166 valence electrons. The number of likely N-dealkylation sites (tertiary alicyclic amines) is 1. The molecule has 3 aliphatic rings. The van der Waals surface area contributed by atoms with E-state index in [2.05, 4.69) is 40.5 Å². The fraction of sp³-hybridized carbons (Fsp3) is 0.296. The highest BCUT2D eigenvalue weighted by atomic mass is 32.1. The summed E-state index contributed by atoms with van der Waals surface area (Å²) in [5.74, 6) is 0.0909. The number of aromatic nitrogens is 2. The third kappa shape index (κ3) is 3.20. The number of halogens is 1. The fourth-order valence-corrected chi connectivity index (χ4v) is 5.56. The predicted molar refractivity (Wildman–Crippen MR) is 129 cm³/mol. The molecular formula is C27H24FN3OS. The first-order chi connectivity index (χ1) is 16.0. The summed E-state index contributed by atoms with van der Waals surface area (Å²) in [7, 11) is 0. The second-order valence-corrected chi connectivity index (χ2v) is 9.63. The van der Waals surface area contributed by atoms with Gasteiger partial charge in [0.05, 0.1) is 16.7 Å². The summed E-state index contributed by atoms with van der Waals surface area (Å²) < 4.78 is 16.4. The molecule has 6 rings (SSSR count). The molecule has 3 heterocycles. The molecule has 1 saturated heterocycles. The molecular weight excluding hydrogens is 433 g/mol. The van der Waals surface area contributed by atoms with E-state index in [4.69, 9.17) is 0 Å². The second kappa shape index (κ2) is 7.47. The van der Waals surface area contributed by atoms with E-state index in [1.807, 2.05) is 35.7 Å². The van der Waals surface area contributed by atoms with Gasteiger partial charge >= 0.3 is 0 Å². The maximum absolute atomic E-state index is 14.6. The quantitative estimate of drug-likeness (QED) is 0.408. The number of allylic oxidation sites excluding steroid dienone is 2. The van der Waals surface area contributed by atoms with Gasteiger partial charge in [0.15, 0.2) is 0 Å². The summed E-state index contributed by atoms with van der Waals surface area (Å²) >= 11 is 4.21. The number of benzene rings is 1. The number of aryl methyl sites for hydroxylation is 1. The van der Waals surface area contributed by atoms with Crippen LogP contribution in [0, 0.1) is 11.7 Å². The normalized spacial score (nSPS) is 20.3. The number of piperidine rings is 1. The lowest BCUT2D eigenvalue weighted by Crippen LogP contribution is -2.49. The Bertz CT molecular complexity index is 1410. The van der Waals surface area contributed by atoms with Gasteiger partial charge in [0.2, 0.25) is 0 Å². The van der Waals surface area contributed by atoms with Crippen LogP contribution in [-0.2, 0) is 6.42 Å². The number of carbonyl (C=O) groups is 1. The molecule has 33 heavy (non-hydrogen) atoms. The summed E-state index contributed by atoms with van der Waals surface area (Å²) in [5, 5.41) is 4.65. The van der Waals surface area contributed by atoms with E-state index in [0.717, 1.165) is 37.0 Å². The first kappa shape index (κ1) is 20.5. The molecule has 2 aromatic heterocycles. The third-order valence-electron chi connectivity index (χ3n) is 7.17. The van der Waals surface area contributed by atoms with E-state index in [0.29, 0.717) is 34.1 Å². The Balaban J connectivity index is 1.40. The molecule has 1 saturated carbocycles. The first-order valence-electron chi connectivity index (χ1n) is 11.5. The molecule has 0 bridgehead atoms. The SMILES string of the molecule is CCc1cc(C(=O)N2CCC3C=CC=C=C3C23CC3)cc2cc(-c3ccc(S)cc3F)nn12. The largest absolute Gasteiger partial charge is 0.329 e. The van der Waals surface area contributed by atoms with E-state index >= 15 is 0 Å². The zero-order valence-corrected chi connectivity index (χ0v) is 19.3. The minimum atomic E-state index is -0.360. The number of carbonyl (C=O) groups excluding carboxylic acids is 1. The molecule has 1 aromatic carbocycles. The van der Waals surface area contributed by atoms with Crippen molar-refractivity contribution < 1.29 is 9.18 Å². The topological polar surface area (TPSA) is 37.6 Å². The third-order valence-corrected chi connectivity index (χ3v) is 7.45. The average molecular weight is 458 g/mol. The van der Waals surface area contributed by atoms with Crippen LogP contribution in [0.5, 0.6) is 0 Å². The number of hydrogen-bond donors (Lipinski definition) is 1. The van der Waals surface area contributed by atoms with Crippen molar-refractivity contribution in [3.63, 3.8) is 0 Å². The van der Waals surface area contributed by atoms with Crippen molar-refractivity contribution in [2.24, 2.45) is 5.92 Å². The van der Waals surface area contributed by atoms with E-state index in [1.165, 1.54) is 11.6 Å². The lowest BCUT2D eigenvalue weighted by atomic mass is 9.81. The summed E-state index contributed by atoms with van der Waals surface area (Å²) in [6, 6.07) is 10.5. The highest BCUT2D eigenvalue weighted by Crippen LogP contribution is 2.54. The van der Waals surface area contributed by atoms with Crippen LogP contribution < -0.4 is 0 Å². The molecule has 3 aromatic rings. The van der Waals surface area contributed by atoms with Gasteiger partial charge in [-0.3, -0.25) is 4.79 Å². The van der Waals surface area contributed by atoms with Crippen LogP contribution in [0.2, 0.25) is 0 Å². The molecule has 1 aliphatic heterocycles.